The van der Waals surface area contributed by atoms with Gasteiger partial charge in [-0.15, -0.1) is 0 Å². The van der Waals surface area contributed by atoms with Crippen molar-refractivity contribution in [3.8, 4) is 0 Å². The Balaban J connectivity index is 2.69. The van der Waals surface area contributed by atoms with Gasteiger partial charge in [-0.1, -0.05) is 25.1 Å². The van der Waals surface area contributed by atoms with Gasteiger partial charge in [0.25, 0.3) is 0 Å². The topological polar surface area (TPSA) is 44.5 Å². The van der Waals surface area contributed by atoms with Gasteiger partial charge in [0.15, 0.2) is 0 Å². The molecule has 0 bridgehead atoms. The van der Waals surface area contributed by atoms with Gasteiger partial charge in [0.2, 0.25) is 0 Å². The monoisotopic (exact) mass is 255 g/mol. The number of halogens is 1. The summed E-state index contributed by atoms with van der Waals surface area (Å²) in [4.78, 5) is 0. The van der Waals surface area contributed by atoms with Crippen LogP contribution in [0.25, 0.3) is 0 Å². The van der Waals surface area contributed by atoms with Crippen LogP contribution in [0, 0.1) is 5.82 Å². The molecule has 18 heavy (non-hydrogen) atoms. The summed E-state index contributed by atoms with van der Waals surface area (Å²) in [6.07, 6.45) is 1.12. The second-order valence-electron chi connectivity index (χ2n) is 4.23. The average molecular weight is 255 g/mol. The van der Waals surface area contributed by atoms with Gasteiger partial charge in [0.1, 0.15) is 11.9 Å². The lowest BCUT2D eigenvalue weighted by molar-refractivity contribution is 0.0202. The fourth-order valence-electron chi connectivity index (χ4n) is 1.78. The molecule has 0 saturated heterocycles. The Hall–Kier alpha value is -0.970. The normalized spacial score (nSPS) is 14.4. The van der Waals surface area contributed by atoms with Crippen molar-refractivity contribution in [1.82, 2.24) is 0 Å². The van der Waals surface area contributed by atoms with E-state index in [-0.39, 0.29) is 11.9 Å². The molecule has 0 amide bonds. The van der Waals surface area contributed by atoms with Crippen molar-refractivity contribution in [2.75, 3.05) is 20.3 Å². The number of ether oxygens (including phenoxy) is 2. The minimum absolute atomic E-state index is 0.204. The van der Waals surface area contributed by atoms with E-state index in [2.05, 4.69) is 0 Å². The van der Waals surface area contributed by atoms with Gasteiger partial charge in [-0.05, 0) is 18.9 Å². The molecular formula is C14H22FNO2. The summed E-state index contributed by atoms with van der Waals surface area (Å²) in [6.45, 7) is 3.11. The molecule has 2 unspecified atom stereocenters. The standard InChI is InChI=1S/C14H22FNO2/c1-3-13(16)14(18-10-6-9-17-2)11-7-4-5-8-12(11)15/h4-5,7-8,13-14H,3,6,9-10,16H2,1-2H3. The Labute approximate surface area is 108 Å². The first-order valence-electron chi connectivity index (χ1n) is 6.31. The van der Waals surface area contributed by atoms with Crippen LogP contribution < -0.4 is 5.73 Å². The molecule has 0 aliphatic rings. The maximum atomic E-state index is 13.8. The molecule has 0 radical (unpaired) electrons. The Morgan fingerprint density at radius 1 is 1.28 bits per heavy atom. The minimum atomic E-state index is -0.395. The zero-order valence-corrected chi connectivity index (χ0v) is 11.1. The largest absolute Gasteiger partial charge is 0.385 e. The smallest absolute Gasteiger partial charge is 0.129 e. The second-order valence-corrected chi connectivity index (χ2v) is 4.23. The van der Waals surface area contributed by atoms with Crippen LogP contribution in [-0.2, 0) is 9.47 Å². The SMILES string of the molecule is CCC(N)C(OCCCOC)c1ccccc1F. The van der Waals surface area contributed by atoms with Crippen molar-refractivity contribution in [2.24, 2.45) is 5.73 Å². The van der Waals surface area contributed by atoms with Crippen LogP contribution in [0.5, 0.6) is 0 Å². The summed E-state index contributed by atoms with van der Waals surface area (Å²) in [5.41, 5.74) is 6.54. The molecule has 0 aliphatic carbocycles. The van der Waals surface area contributed by atoms with E-state index in [1.807, 2.05) is 6.92 Å². The van der Waals surface area contributed by atoms with Crippen LogP contribution in [-0.4, -0.2) is 26.4 Å². The first kappa shape index (κ1) is 15.1. The van der Waals surface area contributed by atoms with Crippen molar-refractivity contribution in [2.45, 2.75) is 31.9 Å². The number of methoxy groups -OCH3 is 1. The summed E-state index contributed by atoms with van der Waals surface area (Å²) in [6, 6.07) is 6.42. The van der Waals surface area contributed by atoms with Crippen molar-refractivity contribution in [3.63, 3.8) is 0 Å². The predicted molar refractivity (Wildman–Crippen MR) is 69.9 cm³/mol. The molecule has 0 heterocycles. The fourth-order valence-corrected chi connectivity index (χ4v) is 1.78. The Morgan fingerprint density at radius 3 is 2.61 bits per heavy atom. The van der Waals surface area contributed by atoms with E-state index in [0.717, 1.165) is 12.8 Å². The molecular weight excluding hydrogens is 233 g/mol. The lowest BCUT2D eigenvalue weighted by Gasteiger charge is -2.24. The maximum Gasteiger partial charge on any atom is 0.129 e. The molecule has 0 fully saturated rings. The summed E-state index contributed by atoms with van der Waals surface area (Å²) in [5.74, 6) is -0.266. The van der Waals surface area contributed by atoms with Crippen molar-refractivity contribution in [1.29, 1.82) is 0 Å². The van der Waals surface area contributed by atoms with Gasteiger partial charge in [-0.2, -0.15) is 0 Å². The lowest BCUT2D eigenvalue weighted by Crippen LogP contribution is -2.30. The van der Waals surface area contributed by atoms with Crippen molar-refractivity contribution in [3.05, 3.63) is 35.6 Å². The lowest BCUT2D eigenvalue weighted by atomic mass is 10.0. The third-order valence-electron chi connectivity index (χ3n) is 2.86. The highest BCUT2D eigenvalue weighted by atomic mass is 19.1. The van der Waals surface area contributed by atoms with Crippen LogP contribution in [0.4, 0.5) is 4.39 Å². The molecule has 0 spiro atoms. The molecule has 2 atom stereocenters. The summed E-state index contributed by atoms with van der Waals surface area (Å²) < 4.78 is 24.4. The van der Waals surface area contributed by atoms with E-state index in [9.17, 15) is 4.39 Å². The van der Waals surface area contributed by atoms with E-state index >= 15 is 0 Å². The zero-order chi connectivity index (χ0) is 13.4. The number of hydrogen-bond donors (Lipinski definition) is 1. The van der Waals surface area contributed by atoms with Gasteiger partial charge in [-0.25, -0.2) is 4.39 Å². The fraction of sp³-hybridized carbons (Fsp3) is 0.571. The summed E-state index contributed by atoms with van der Waals surface area (Å²) >= 11 is 0. The Morgan fingerprint density at radius 2 is 2.00 bits per heavy atom. The average Bonchev–Trinajstić information content (AvgIpc) is 2.39. The maximum absolute atomic E-state index is 13.8. The zero-order valence-electron chi connectivity index (χ0n) is 11.1. The van der Waals surface area contributed by atoms with E-state index in [0.29, 0.717) is 18.8 Å². The minimum Gasteiger partial charge on any atom is -0.385 e. The van der Waals surface area contributed by atoms with E-state index in [1.54, 1.807) is 25.3 Å². The number of nitrogens with two attached hydrogens (primary N) is 1. The molecule has 2 N–H and O–H groups in total. The number of benzene rings is 1. The van der Waals surface area contributed by atoms with E-state index in [4.69, 9.17) is 15.2 Å². The molecule has 1 rings (SSSR count). The Bertz CT molecular complexity index is 346. The van der Waals surface area contributed by atoms with E-state index in [1.165, 1.54) is 6.07 Å². The molecule has 3 nitrogen and oxygen atoms in total. The summed E-state index contributed by atoms with van der Waals surface area (Å²) in [7, 11) is 1.64. The first-order valence-corrected chi connectivity index (χ1v) is 6.31. The van der Waals surface area contributed by atoms with Gasteiger partial charge >= 0.3 is 0 Å². The van der Waals surface area contributed by atoms with Crippen LogP contribution in [0.3, 0.4) is 0 Å². The van der Waals surface area contributed by atoms with Crippen LogP contribution in [0.2, 0.25) is 0 Å². The van der Waals surface area contributed by atoms with Gasteiger partial charge in [0, 0.05) is 31.9 Å². The van der Waals surface area contributed by atoms with Crippen LogP contribution in [0.1, 0.15) is 31.4 Å². The third kappa shape index (κ3) is 4.37. The molecule has 4 heteroatoms. The molecule has 1 aromatic rings. The van der Waals surface area contributed by atoms with Crippen molar-refractivity contribution < 1.29 is 13.9 Å². The highest BCUT2D eigenvalue weighted by Crippen LogP contribution is 2.24. The van der Waals surface area contributed by atoms with Gasteiger partial charge < -0.3 is 15.2 Å². The van der Waals surface area contributed by atoms with Crippen molar-refractivity contribution >= 4 is 0 Å². The number of hydrogen-bond acceptors (Lipinski definition) is 3. The summed E-state index contributed by atoms with van der Waals surface area (Å²) in [5, 5.41) is 0. The first-order chi connectivity index (χ1) is 8.70. The highest BCUT2D eigenvalue weighted by Gasteiger charge is 2.21. The Kier molecular flexibility index (Phi) is 6.86. The molecule has 0 aromatic heterocycles. The quantitative estimate of drug-likeness (QED) is 0.726. The van der Waals surface area contributed by atoms with Gasteiger partial charge in [0.05, 0.1) is 0 Å². The molecule has 0 aliphatic heterocycles. The van der Waals surface area contributed by atoms with Gasteiger partial charge in [-0.3, -0.25) is 0 Å². The predicted octanol–water partition coefficient (Wildman–Crippen LogP) is 2.66. The third-order valence-corrected chi connectivity index (χ3v) is 2.86. The molecule has 1 aromatic carbocycles. The molecule has 0 saturated carbocycles. The second kappa shape index (κ2) is 8.19. The van der Waals surface area contributed by atoms with E-state index < -0.39 is 6.10 Å². The highest BCUT2D eigenvalue weighted by molar-refractivity contribution is 5.21. The van der Waals surface area contributed by atoms with Crippen LogP contribution >= 0.6 is 0 Å². The number of rotatable bonds is 8. The van der Waals surface area contributed by atoms with Crippen LogP contribution in [0.15, 0.2) is 24.3 Å². The molecule has 102 valence electrons.